The molecule has 0 fully saturated rings. The van der Waals surface area contributed by atoms with Gasteiger partial charge in [0.05, 0.1) is 0 Å². The molecule has 1 nitrogen and oxygen atoms in total. The van der Waals surface area contributed by atoms with Crippen molar-refractivity contribution >= 4 is 30.9 Å². The molecule has 0 unspecified atom stereocenters. The number of allylic oxidation sites excluding steroid dienone is 3. The average Bonchev–Trinajstić information content (AvgIpc) is 2.49. The summed E-state index contributed by atoms with van der Waals surface area (Å²) in [6.45, 7) is 26.2. The van der Waals surface area contributed by atoms with E-state index in [-0.39, 0.29) is 0 Å². The second-order valence-corrected chi connectivity index (χ2v) is 15.2. The fraction of sp³-hybridized carbons (Fsp3) is 0.818. The fourth-order valence-electron chi connectivity index (χ4n) is 4.17. The molecule has 148 valence electrons. The zero-order chi connectivity index (χ0) is 19.8. The Labute approximate surface area is 173 Å². The van der Waals surface area contributed by atoms with Gasteiger partial charge in [0.15, 0.2) is 8.32 Å². The van der Waals surface area contributed by atoms with Gasteiger partial charge < -0.3 is 4.43 Å². The molecule has 0 aliphatic carbocycles. The Morgan fingerprint density at radius 3 is 1.88 bits per heavy atom. The Morgan fingerprint density at radius 2 is 1.48 bits per heavy atom. The highest BCUT2D eigenvalue weighted by molar-refractivity contribution is 14.1. The quantitative estimate of drug-likeness (QED) is 0.119. The van der Waals surface area contributed by atoms with Gasteiger partial charge in [0.2, 0.25) is 0 Å². The number of alkyl halides is 1. The standard InChI is InChI=1S/C22H43IOSi/c1-16(2)25(17(3)4,18(5)6)24-12-11-21(9)22(10)14-19(7)13-20(8)15-23/h14,16-18,20-21H,7,11-13,15H2,1-6,8-10H3/b22-14+/t20-,21+/m1/s1. The second-order valence-electron chi connectivity index (χ2n) is 8.87. The molecular formula is C22H43IOSi. The molecule has 0 aliphatic heterocycles. The lowest BCUT2D eigenvalue weighted by Crippen LogP contribution is -2.48. The molecule has 0 spiro atoms. The maximum atomic E-state index is 6.71. The Morgan fingerprint density at radius 1 is 1.00 bits per heavy atom. The van der Waals surface area contributed by atoms with Crippen LogP contribution in [0.25, 0.3) is 0 Å². The van der Waals surface area contributed by atoms with E-state index in [9.17, 15) is 0 Å². The van der Waals surface area contributed by atoms with Crippen molar-refractivity contribution < 1.29 is 4.43 Å². The molecule has 0 aromatic carbocycles. The maximum Gasteiger partial charge on any atom is 0.200 e. The van der Waals surface area contributed by atoms with Gasteiger partial charge in [-0.25, -0.2) is 0 Å². The predicted molar refractivity (Wildman–Crippen MR) is 126 cm³/mol. The Bertz CT molecular complexity index is 404. The molecule has 0 saturated carbocycles. The largest absolute Gasteiger partial charge is 0.416 e. The molecule has 0 aliphatic rings. The van der Waals surface area contributed by atoms with Crippen molar-refractivity contribution in [3.63, 3.8) is 0 Å². The Kier molecular flexibility index (Phi) is 12.2. The summed E-state index contributed by atoms with van der Waals surface area (Å²) in [7, 11) is -1.73. The zero-order valence-electron chi connectivity index (χ0n) is 18.3. The van der Waals surface area contributed by atoms with Crippen molar-refractivity contribution in [1.82, 2.24) is 0 Å². The van der Waals surface area contributed by atoms with Gasteiger partial charge >= 0.3 is 0 Å². The third-order valence-electron chi connectivity index (χ3n) is 5.69. The third-order valence-corrected chi connectivity index (χ3v) is 13.3. The van der Waals surface area contributed by atoms with E-state index in [1.807, 2.05) is 0 Å². The highest BCUT2D eigenvalue weighted by atomic mass is 127. The fourth-order valence-corrected chi connectivity index (χ4v) is 9.95. The summed E-state index contributed by atoms with van der Waals surface area (Å²) in [4.78, 5) is 0. The zero-order valence-corrected chi connectivity index (χ0v) is 21.4. The summed E-state index contributed by atoms with van der Waals surface area (Å²) >= 11 is 2.46. The Hall–Kier alpha value is 0.387. The van der Waals surface area contributed by atoms with Crippen LogP contribution in [0.2, 0.25) is 16.6 Å². The molecule has 0 heterocycles. The molecule has 25 heavy (non-hydrogen) atoms. The summed E-state index contributed by atoms with van der Waals surface area (Å²) in [5, 5.41) is 0. The van der Waals surface area contributed by atoms with E-state index in [1.165, 1.54) is 15.6 Å². The van der Waals surface area contributed by atoms with Crippen LogP contribution in [-0.2, 0) is 4.43 Å². The molecule has 0 radical (unpaired) electrons. The summed E-state index contributed by atoms with van der Waals surface area (Å²) in [5.74, 6) is 1.27. The van der Waals surface area contributed by atoms with E-state index in [1.54, 1.807) is 0 Å². The first-order valence-corrected chi connectivity index (χ1v) is 13.7. The first kappa shape index (κ1) is 25.4. The normalized spacial score (nSPS) is 16.0. The molecule has 0 N–H and O–H groups in total. The molecule has 0 aromatic rings. The van der Waals surface area contributed by atoms with E-state index in [0.29, 0.717) is 28.5 Å². The molecule has 0 amide bonds. The van der Waals surface area contributed by atoms with Crippen molar-refractivity contribution in [2.45, 2.75) is 91.8 Å². The molecular weight excluding hydrogens is 435 g/mol. The van der Waals surface area contributed by atoms with Crippen LogP contribution < -0.4 is 0 Å². The number of rotatable bonds is 12. The van der Waals surface area contributed by atoms with E-state index in [4.69, 9.17) is 4.43 Å². The van der Waals surface area contributed by atoms with Crippen LogP contribution in [0.4, 0.5) is 0 Å². The lowest BCUT2D eigenvalue weighted by Gasteiger charge is -2.42. The van der Waals surface area contributed by atoms with Crippen LogP contribution in [0.15, 0.2) is 23.8 Å². The van der Waals surface area contributed by atoms with Gasteiger partial charge in [0.25, 0.3) is 0 Å². The van der Waals surface area contributed by atoms with Gasteiger partial charge in [-0.1, -0.05) is 102 Å². The second kappa shape index (κ2) is 12.0. The van der Waals surface area contributed by atoms with E-state index in [0.717, 1.165) is 19.4 Å². The first-order chi connectivity index (χ1) is 11.5. The summed E-state index contributed by atoms with van der Waals surface area (Å²) in [5.41, 5.74) is 4.70. The Balaban J connectivity index is 4.76. The van der Waals surface area contributed by atoms with Gasteiger partial charge in [-0.3, -0.25) is 0 Å². The lowest BCUT2D eigenvalue weighted by atomic mass is 9.95. The molecule has 0 aromatic heterocycles. The smallest absolute Gasteiger partial charge is 0.200 e. The average molecular weight is 479 g/mol. The predicted octanol–water partition coefficient (Wildman–Crippen LogP) is 8.17. The number of hydrogen-bond acceptors (Lipinski definition) is 1. The van der Waals surface area contributed by atoms with Gasteiger partial charge in [-0.15, -0.1) is 0 Å². The van der Waals surface area contributed by atoms with Crippen LogP contribution in [0.5, 0.6) is 0 Å². The molecule has 0 bridgehead atoms. The van der Waals surface area contributed by atoms with Crippen molar-refractivity contribution in [2.24, 2.45) is 11.8 Å². The van der Waals surface area contributed by atoms with Crippen molar-refractivity contribution in [2.75, 3.05) is 11.0 Å². The third kappa shape index (κ3) is 7.88. The highest BCUT2D eigenvalue weighted by Crippen LogP contribution is 2.42. The maximum absolute atomic E-state index is 6.71. The molecule has 0 rings (SSSR count). The number of hydrogen-bond donors (Lipinski definition) is 0. The van der Waals surface area contributed by atoms with Crippen LogP contribution >= 0.6 is 22.6 Å². The van der Waals surface area contributed by atoms with Crippen molar-refractivity contribution in [3.8, 4) is 0 Å². The topological polar surface area (TPSA) is 9.23 Å². The summed E-state index contributed by atoms with van der Waals surface area (Å²) in [6, 6.07) is 0. The minimum absolute atomic E-state index is 0.560. The molecule has 0 saturated heterocycles. The van der Waals surface area contributed by atoms with Gasteiger partial charge in [0, 0.05) is 11.0 Å². The lowest BCUT2D eigenvalue weighted by molar-refractivity contribution is 0.258. The van der Waals surface area contributed by atoms with E-state index >= 15 is 0 Å². The summed E-state index contributed by atoms with van der Waals surface area (Å²) in [6.07, 6.45) is 4.53. The highest BCUT2D eigenvalue weighted by Gasteiger charge is 2.44. The van der Waals surface area contributed by atoms with Crippen LogP contribution in [0.1, 0.15) is 75.2 Å². The minimum atomic E-state index is -1.73. The van der Waals surface area contributed by atoms with Crippen molar-refractivity contribution in [3.05, 3.63) is 23.8 Å². The van der Waals surface area contributed by atoms with Gasteiger partial charge in [-0.05, 0) is 48.2 Å². The first-order valence-electron chi connectivity index (χ1n) is 10.0. The van der Waals surface area contributed by atoms with E-state index in [2.05, 4.69) is 97.6 Å². The minimum Gasteiger partial charge on any atom is -0.416 e. The monoisotopic (exact) mass is 478 g/mol. The SMILES string of the molecule is C=C(/C=C(\C)[C@@H](C)CCO[Si](C(C)C)(C(C)C)C(C)C)C[C@@H](C)CI. The molecule has 2 atom stereocenters. The van der Waals surface area contributed by atoms with Gasteiger partial charge in [0.1, 0.15) is 0 Å². The van der Waals surface area contributed by atoms with E-state index < -0.39 is 8.32 Å². The van der Waals surface area contributed by atoms with Crippen LogP contribution in [-0.4, -0.2) is 19.4 Å². The number of halogens is 1. The van der Waals surface area contributed by atoms with Crippen LogP contribution in [0.3, 0.4) is 0 Å². The van der Waals surface area contributed by atoms with Crippen molar-refractivity contribution in [1.29, 1.82) is 0 Å². The van der Waals surface area contributed by atoms with Gasteiger partial charge in [-0.2, -0.15) is 0 Å². The molecule has 3 heteroatoms. The van der Waals surface area contributed by atoms with Crippen LogP contribution in [0, 0.1) is 11.8 Å². The summed E-state index contributed by atoms with van der Waals surface area (Å²) < 4.78 is 7.90.